The van der Waals surface area contributed by atoms with E-state index in [-0.39, 0.29) is 22.8 Å². The summed E-state index contributed by atoms with van der Waals surface area (Å²) in [5.74, 6) is 0.208. The van der Waals surface area contributed by atoms with Crippen molar-refractivity contribution in [1.82, 2.24) is 0 Å². The molecule has 6 rings (SSSR count). The Morgan fingerprint density at radius 2 is 1.42 bits per heavy atom. The van der Waals surface area contributed by atoms with Crippen molar-refractivity contribution in [3.63, 3.8) is 0 Å². The number of anilines is 1. The maximum atomic E-state index is 13.2. The molecule has 3 nitrogen and oxygen atoms in total. The standard InChI is InChI=1S/C32H27N2O.BrH/c1-33(2)27-15-12-22(13-16-27)18-25-14-17-31(35)29-20-26-19-23-8-6-7-9-24(23)21-30(26)34(32(25)29)28-10-4-3-5-11-28;/h3-13,15-16,18-21H,14,17H2,1-2H3;1H/q+1;/p-1. The van der Waals surface area contributed by atoms with E-state index in [0.717, 1.165) is 39.8 Å². The first-order valence-corrected chi connectivity index (χ1v) is 12.1. The number of carbonyl (C=O) groups is 1. The van der Waals surface area contributed by atoms with Crippen LogP contribution < -0.4 is 26.4 Å². The molecule has 178 valence electrons. The summed E-state index contributed by atoms with van der Waals surface area (Å²) in [5, 5.41) is 3.45. The number of ketones is 1. The van der Waals surface area contributed by atoms with E-state index >= 15 is 0 Å². The van der Waals surface area contributed by atoms with Gasteiger partial charge in [0.05, 0.1) is 5.56 Å². The third kappa shape index (κ3) is 4.22. The maximum absolute atomic E-state index is 13.2. The van der Waals surface area contributed by atoms with Gasteiger partial charge >= 0.3 is 0 Å². The zero-order valence-electron chi connectivity index (χ0n) is 20.4. The Hall–Kier alpha value is -3.76. The van der Waals surface area contributed by atoms with E-state index in [9.17, 15) is 4.79 Å². The Kier molecular flexibility index (Phi) is 6.46. The highest BCUT2D eigenvalue weighted by Gasteiger charge is 2.33. The molecule has 0 radical (unpaired) electrons. The molecule has 36 heavy (non-hydrogen) atoms. The van der Waals surface area contributed by atoms with Gasteiger partial charge in [-0.1, -0.05) is 54.6 Å². The normalized spacial score (nSPS) is 14.1. The lowest BCUT2D eigenvalue weighted by molar-refractivity contribution is -0.570. The molecule has 0 N–H and O–H groups in total. The van der Waals surface area contributed by atoms with Crippen LogP contribution in [0.2, 0.25) is 0 Å². The molecule has 0 bridgehead atoms. The minimum absolute atomic E-state index is 0. The van der Waals surface area contributed by atoms with Crippen LogP contribution in [-0.2, 0) is 0 Å². The van der Waals surface area contributed by atoms with Crippen LogP contribution in [-0.4, -0.2) is 19.9 Å². The summed E-state index contributed by atoms with van der Waals surface area (Å²) < 4.78 is 2.29. The van der Waals surface area contributed by atoms with Crippen molar-refractivity contribution in [2.24, 2.45) is 0 Å². The van der Waals surface area contributed by atoms with Crippen molar-refractivity contribution in [3.05, 3.63) is 114 Å². The Morgan fingerprint density at radius 3 is 2.11 bits per heavy atom. The number of hydrogen-bond acceptors (Lipinski definition) is 2. The van der Waals surface area contributed by atoms with Crippen molar-refractivity contribution in [1.29, 1.82) is 0 Å². The predicted molar refractivity (Wildman–Crippen MR) is 145 cm³/mol. The fourth-order valence-corrected chi connectivity index (χ4v) is 5.11. The number of aromatic nitrogens is 1. The predicted octanol–water partition coefficient (Wildman–Crippen LogP) is 3.86. The van der Waals surface area contributed by atoms with Gasteiger partial charge in [-0.05, 0) is 53.1 Å². The number of rotatable bonds is 3. The lowest BCUT2D eigenvalue weighted by Gasteiger charge is -2.19. The molecule has 0 atom stereocenters. The highest BCUT2D eigenvalue weighted by molar-refractivity contribution is 6.07. The Labute approximate surface area is 222 Å². The third-order valence-corrected chi connectivity index (χ3v) is 6.91. The van der Waals surface area contributed by atoms with Gasteiger partial charge in [-0.3, -0.25) is 4.79 Å². The molecule has 0 unspecified atom stereocenters. The van der Waals surface area contributed by atoms with E-state index in [1.54, 1.807) is 0 Å². The van der Waals surface area contributed by atoms with Gasteiger partial charge in [0.1, 0.15) is 0 Å². The van der Waals surface area contributed by atoms with Gasteiger partial charge in [-0.2, -0.15) is 4.57 Å². The minimum atomic E-state index is 0. The van der Waals surface area contributed by atoms with Crippen LogP contribution in [0.25, 0.3) is 39.0 Å². The SMILES string of the molecule is CN(C)c1ccc(/C=C2/CCC(=O)c3cc4cc5ccccc5cc4[n+](-c4ccccc4)c32)cc1.[Br-]. The summed E-state index contributed by atoms with van der Waals surface area (Å²) in [6, 6.07) is 33.9. The summed E-state index contributed by atoms with van der Waals surface area (Å²) in [7, 11) is 4.10. The van der Waals surface area contributed by atoms with E-state index in [0.29, 0.717) is 6.42 Å². The smallest absolute Gasteiger partial charge is 0.225 e. The average molecular weight is 535 g/mol. The third-order valence-electron chi connectivity index (χ3n) is 6.91. The number of carbonyl (C=O) groups excluding carboxylic acids is 1. The zero-order chi connectivity index (χ0) is 23.9. The number of Topliss-reactive ketones (excluding diaryl/α,β-unsaturated/α-hetero) is 1. The highest BCUT2D eigenvalue weighted by atomic mass is 79.9. The van der Waals surface area contributed by atoms with Gasteiger partial charge in [0.25, 0.3) is 0 Å². The van der Waals surface area contributed by atoms with E-state index in [4.69, 9.17) is 0 Å². The zero-order valence-corrected chi connectivity index (χ0v) is 22.0. The van der Waals surface area contributed by atoms with E-state index in [2.05, 4.69) is 107 Å². The molecular formula is C32H27BrN2O. The van der Waals surface area contributed by atoms with Crippen LogP contribution in [0.15, 0.2) is 97.1 Å². The molecule has 0 aliphatic heterocycles. The number of hydrogen-bond donors (Lipinski definition) is 0. The van der Waals surface area contributed by atoms with Crippen molar-refractivity contribution in [2.75, 3.05) is 19.0 Å². The number of halogens is 1. The van der Waals surface area contributed by atoms with Crippen molar-refractivity contribution in [2.45, 2.75) is 12.8 Å². The first-order chi connectivity index (χ1) is 17.1. The fraction of sp³-hybridized carbons (Fsp3) is 0.125. The number of allylic oxidation sites excluding steroid dienone is 1. The quantitative estimate of drug-likeness (QED) is 0.259. The van der Waals surface area contributed by atoms with Crippen LogP contribution in [0.3, 0.4) is 0 Å². The largest absolute Gasteiger partial charge is 1.00 e. The molecule has 1 aromatic heterocycles. The Morgan fingerprint density at radius 1 is 0.750 bits per heavy atom. The molecule has 0 spiro atoms. The van der Waals surface area contributed by atoms with Gasteiger partial charge in [-0.25, -0.2) is 0 Å². The lowest BCUT2D eigenvalue weighted by Crippen LogP contribution is -3.00. The lowest BCUT2D eigenvalue weighted by atomic mass is 9.87. The summed E-state index contributed by atoms with van der Waals surface area (Å²) in [5.41, 5.74) is 7.49. The second-order valence-electron chi connectivity index (χ2n) is 9.41. The molecular weight excluding hydrogens is 508 g/mol. The topological polar surface area (TPSA) is 24.2 Å². The Bertz CT molecular complexity index is 1620. The molecule has 1 aliphatic rings. The van der Waals surface area contributed by atoms with Crippen LogP contribution in [0.4, 0.5) is 5.69 Å². The number of benzene rings is 4. The molecule has 5 aromatic rings. The molecule has 1 heterocycles. The average Bonchev–Trinajstić information content (AvgIpc) is 2.89. The van der Waals surface area contributed by atoms with Gasteiger partial charge in [0.15, 0.2) is 5.78 Å². The maximum Gasteiger partial charge on any atom is 0.225 e. The summed E-state index contributed by atoms with van der Waals surface area (Å²) in [4.78, 5) is 15.4. The number of fused-ring (bicyclic) bond motifs is 3. The first kappa shape index (κ1) is 24.0. The molecule has 0 fully saturated rings. The molecule has 1 aliphatic carbocycles. The summed E-state index contributed by atoms with van der Waals surface area (Å²) in [6.07, 6.45) is 3.51. The Balaban J connectivity index is 0.00000267. The van der Waals surface area contributed by atoms with Gasteiger partial charge in [0, 0.05) is 55.4 Å². The van der Waals surface area contributed by atoms with Gasteiger partial charge < -0.3 is 21.9 Å². The summed E-state index contributed by atoms with van der Waals surface area (Å²) in [6.45, 7) is 0. The minimum Gasteiger partial charge on any atom is -1.00 e. The van der Waals surface area contributed by atoms with E-state index in [1.807, 2.05) is 20.2 Å². The van der Waals surface area contributed by atoms with Crippen LogP contribution in [0, 0.1) is 0 Å². The first-order valence-electron chi connectivity index (χ1n) is 12.1. The van der Waals surface area contributed by atoms with Gasteiger partial charge in [0.2, 0.25) is 16.9 Å². The van der Waals surface area contributed by atoms with Crippen molar-refractivity contribution in [3.8, 4) is 5.69 Å². The number of pyridine rings is 1. The van der Waals surface area contributed by atoms with Crippen molar-refractivity contribution < 1.29 is 26.3 Å². The monoisotopic (exact) mass is 534 g/mol. The van der Waals surface area contributed by atoms with Crippen LogP contribution in [0.5, 0.6) is 0 Å². The van der Waals surface area contributed by atoms with Gasteiger partial charge in [-0.15, -0.1) is 0 Å². The molecule has 4 heteroatoms. The number of nitrogens with zero attached hydrogens (tertiary/aromatic N) is 2. The number of para-hydroxylation sites is 1. The second-order valence-corrected chi connectivity index (χ2v) is 9.41. The van der Waals surface area contributed by atoms with Crippen LogP contribution >= 0.6 is 0 Å². The second kappa shape index (κ2) is 9.71. The van der Waals surface area contributed by atoms with Crippen LogP contribution in [0.1, 0.15) is 34.5 Å². The summed E-state index contributed by atoms with van der Waals surface area (Å²) >= 11 is 0. The van der Waals surface area contributed by atoms with E-state index < -0.39 is 0 Å². The molecule has 4 aromatic carbocycles. The highest BCUT2D eigenvalue weighted by Crippen LogP contribution is 2.34. The fourth-order valence-electron chi connectivity index (χ4n) is 5.11. The molecule has 0 amide bonds. The molecule has 0 saturated heterocycles. The van der Waals surface area contributed by atoms with E-state index in [1.165, 1.54) is 22.0 Å². The van der Waals surface area contributed by atoms with Crippen molar-refractivity contribution >= 4 is 44.8 Å². The molecule has 0 saturated carbocycles.